The van der Waals surface area contributed by atoms with Crippen LogP contribution in [-0.4, -0.2) is 12.2 Å². The van der Waals surface area contributed by atoms with E-state index in [1.165, 1.54) is 0 Å². The molecule has 0 aliphatic rings. The molecule has 0 aliphatic heterocycles. The summed E-state index contributed by atoms with van der Waals surface area (Å²) in [7, 11) is 0. The minimum absolute atomic E-state index is 0.00600. The van der Waals surface area contributed by atoms with Gasteiger partial charge in [-0.1, -0.05) is 40.7 Å². The second-order valence-electron chi connectivity index (χ2n) is 6.07. The number of hydrogen-bond donors (Lipinski definition) is 0. The Morgan fingerprint density at radius 1 is 1.12 bits per heavy atom. The summed E-state index contributed by atoms with van der Waals surface area (Å²) in [5, 5.41) is 0. The molecule has 2 atom stereocenters. The van der Waals surface area contributed by atoms with Crippen molar-refractivity contribution in [3.05, 3.63) is 12.7 Å². The highest BCUT2D eigenvalue weighted by molar-refractivity contribution is 4.82. The van der Waals surface area contributed by atoms with Crippen molar-refractivity contribution in [2.45, 2.75) is 60.0 Å². The van der Waals surface area contributed by atoms with E-state index in [1.807, 2.05) is 6.08 Å². The molecule has 0 aromatic heterocycles. The van der Waals surface area contributed by atoms with Crippen molar-refractivity contribution in [1.29, 1.82) is 0 Å². The number of hydrogen-bond acceptors (Lipinski definition) is 1. The van der Waals surface area contributed by atoms with Crippen LogP contribution in [0.25, 0.3) is 0 Å². The van der Waals surface area contributed by atoms with Crippen LogP contribution in [0.1, 0.15) is 54.4 Å². The molecule has 0 unspecified atom stereocenters. The van der Waals surface area contributed by atoms with E-state index in [4.69, 9.17) is 4.74 Å². The first-order chi connectivity index (χ1) is 7.30. The van der Waals surface area contributed by atoms with Gasteiger partial charge in [-0.2, -0.15) is 0 Å². The third-order valence-electron chi connectivity index (χ3n) is 3.28. The van der Waals surface area contributed by atoms with E-state index in [2.05, 4.69) is 48.1 Å². The van der Waals surface area contributed by atoms with Gasteiger partial charge in [-0.25, -0.2) is 0 Å². The molecule has 0 fully saturated rings. The van der Waals surface area contributed by atoms with Crippen LogP contribution in [0.2, 0.25) is 0 Å². The van der Waals surface area contributed by atoms with Crippen molar-refractivity contribution in [1.82, 2.24) is 0 Å². The summed E-state index contributed by atoms with van der Waals surface area (Å²) < 4.78 is 5.99. The van der Waals surface area contributed by atoms with Gasteiger partial charge in [0.2, 0.25) is 0 Å². The summed E-state index contributed by atoms with van der Waals surface area (Å²) in [6, 6.07) is 0. The van der Waals surface area contributed by atoms with Crippen molar-refractivity contribution >= 4 is 0 Å². The minimum atomic E-state index is 0.00600. The summed E-state index contributed by atoms with van der Waals surface area (Å²) in [4.78, 5) is 0. The molecule has 0 saturated carbocycles. The lowest BCUT2D eigenvalue weighted by Crippen LogP contribution is -2.34. The lowest BCUT2D eigenvalue weighted by Gasteiger charge is -2.35. The molecule has 16 heavy (non-hydrogen) atoms. The number of rotatable bonds is 8. The Morgan fingerprint density at radius 3 is 2.06 bits per heavy atom. The van der Waals surface area contributed by atoms with E-state index in [-0.39, 0.29) is 5.60 Å². The minimum Gasteiger partial charge on any atom is -0.371 e. The van der Waals surface area contributed by atoms with Crippen LogP contribution in [0.5, 0.6) is 0 Å². The van der Waals surface area contributed by atoms with Crippen LogP contribution in [0.15, 0.2) is 12.7 Å². The maximum absolute atomic E-state index is 5.99. The van der Waals surface area contributed by atoms with Gasteiger partial charge in [0, 0.05) is 0 Å². The Hall–Kier alpha value is -0.300. The standard InChI is InChI=1S/C15H30O/c1-8-9-16-15(7,10-12(2)3)11-14(6)13(4)5/h8,12-14H,1,9-11H2,2-7H3/t14-,15-/m1/s1. The third kappa shape index (κ3) is 6.32. The van der Waals surface area contributed by atoms with Gasteiger partial charge in [-0.05, 0) is 37.5 Å². The zero-order chi connectivity index (χ0) is 12.8. The summed E-state index contributed by atoms with van der Waals surface area (Å²) in [5.74, 6) is 2.10. The van der Waals surface area contributed by atoms with Crippen molar-refractivity contribution in [3.63, 3.8) is 0 Å². The average molecular weight is 226 g/mol. The molecule has 1 nitrogen and oxygen atoms in total. The molecular formula is C15H30O. The van der Waals surface area contributed by atoms with Gasteiger partial charge in [0.15, 0.2) is 0 Å². The van der Waals surface area contributed by atoms with Crippen LogP contribution in [0.3, 0.4) is 0 Å². The van der Waals surface area contributed by atoms with Crippen LogP contribution in [0.4, 0.5) is 0 Å². The molecule has 0 N–H and O–H groups in total. The number of ether oxygens (including phenoxy) is 1. The van der Waals surface area contributed by atoms with Crippen LogP contribution in [-0.2, 0) is 4.74 Å². The highest BCUT2D eigenvalue weighted by Gasteiger charge is 2.29. The maximum Gasteiger partial charge on any atom is 0.0663 e. The predicted molar refractivity (Wildman–Crippen MR) is 72.6 cm³/mol. The Labute approximate surface area is 102 Å². The molecule has 0 aromatic rings. The molecule has 0 saturated heterocycles. The van der Waals surface area contributed by atoms with Gasteiger partial charge in [-0.15, -0.1) is 6.58 Å². The molecule has 0 bridgehead atoms. The largest absolute Gasteiger partial charge is 0.371 e. The first kappa shape index (κ1) is 15.7. The topological polar surface area (TPSA) is 9.23 Å². The van der Waals surface area contributed by atoms with Crippen molar-refractivity contribution < 1.29 is 4.74 Å². The van der Waals surface area contributed by atoms with E-state index in [0.717, 1.165) is 18.8 Å². The summed E-state index contributed by atoms with van der Waals surface area (Å²) in [6.45, 7) is 18.0. The van der Waals surface area contributed by atoms with Crippen LogP contribution in [0, 0.1) is 17.8 Å². The second kappa shape index (κ2) is 7.11. The maximum atomic E-state index is 5.99. The quantitative estimate of drug-likeness (QED) is 0.546. The van der Waals surface area contributed by atoms with Crippen molar-refractivity contribution in [2.24, 2.45) is 17.8 Å². The van der Waals surface area contributed by atoms with Gasteiger partial charge in [-0.3, -0.25) is 0 Å². The van der Waals surface area contributed by atoms with Gasteiger partial charge in [0.1, 0.15) is 0 Å². The monoisotopic (exact) mass is 226 g/mol. The van der Waals surface area contributed by atoms with Gasteiger partial charge < -0.3 is 4.74 Å². The summed E-state index contributed by atoms with van der Waals surface area (Å²) in [5.41, 5.74) is 0.00600. The molecule has 0 aromatic carbocycles. The fourth-order valence-corrected chi connectivity index (χ4v) is 2.24. The van der Waals surface area contributed by atoms with E-state index in [1.54, 1.807) is 0 Å². The van der Waals surface area contributed by atoms with Gasteiger partial charge >= 0.3 is 0 Å². The first-order valence-electron chi connectivity index (χ1n) is 6.55. The van der Waals surface area contributed by atoms with E-state index < -0.39 is 0 Å². The molecule has 0 spiro atoms. The molecule has 0 rings (SSSR count). The van der Waals surface area contributed by atoms with Crippen LogP contribution < -0.4 is 0 Å². The third-order valence-corrected chi connectivity index (χ3v) is 3.28. The zero-order valence-corrected chi connectivity index (χ0v) is 12.0. The lowest BCUT2D eigenvalue weighted by atomic mass is 9.81. The Morgan fingerprint density at radius 2 is 1.69 bits per heavy atom. The Balaban J connectivity index is 4.44. The van der Waals surface area contributed by atoms with Gasteiger partial charge in [0.05, 0.1) is 12.2 Å². The molecule has 1 heteroatoms. The zero-order valence-electron chi connectivity index (χ0n) is 12.0. The highest BCUT2D eigenvalue weighted by Crippen LogP contribution is 2.31. The van der Waals surface area contributed by atoms with Crippen LogP contribution >= 0.6 is 0 Å². The fourth-order valence-electron chi connectivity index (χ4n) is 2.24. The summed E-state index contributed by atoms with van der Waals surface area (Å²) >= 11 is 0. The van der Waals surface area contributed by atoms with Gasteiger partial charge in [0.25, 0.3) is 0 Å². The predicted octanol–water partition coefficient (Wildman–Crippen LogP) is 4.68. The normalized spacial score (nSPS) is 17.5. The molecule has 96 valence electrons. The smallest absolute Gasteiger partial charge is 0.0663 e. The molecule has 0 heterocycles. The fraction of sp³-hybridized carbons (Fsp3) is 0.867. The van der Waals surface area contributed by atoms with Crippen molar-refractivity contribution in [2.75, 3.05) is 6.61 Å². The SMILES string of the molecule is C=CCO[C@](C)(CC(C)C)C[C@@H](C)C(C)C. The second-order valence-corrected chi connectivity index (χ2v) is 6.07. The van der Waals surface area contributed by atoms with E-state index >= 15 is 0 Å². The van der Waals surface area contributed by atoms with E-state index in [0.29, 0.717) is 18.4 Å². The summed E-state index contributed by atoms with van der Waals surface area (Å²) in [6.07, 6.45) is 4.10. The highest BCUT2D eigenvalue weighted by atomic mass is 16.5. The van der Waals surface area contributed by atoms with Crippen molar-refractivity contribution in [3.8, 4) is 0 Å². The molecule has 0 amide bonds. The molecular weight excluding hydrogens is 196 g/mol. The Bertz CT molecular complexity index is 196. The lowest BCUT2D eigenvalue weighted by molar-refractivity contribution is -0.0503. The first-order valence-corrected chi connectivity index (χ1v) is 6.55. The molecule has 0 radical (unpaired) electrons. The van der Waals surface area contributed by atoms with E-state index in [9.17, 15) is 0 Å². The average Bonchev–Trinajstić information content (AvgIpc) is 2.13. The molecule has 0 aliphatic carbocycles. The Kier molecular flexibility index (Phi) is 6.98.